The second kappa shape index (κ2) is 8.53. The Labute approximate surface area is 145 Å². The zero-order chi connectivity index (χ0) is 17.5. The van der Waals surface area contributed by atoms with Crippen molar-refractivity contribution in [2.45, 2.75) is 52.7 Å². The van der Waals surface area contributed by atoms with Gasteiger partial charge < -0.3 is 10.1 Å². The first kappa shape index (κ1) is 18.1. The fraction of sp³-hybridized carbons (Fsp3) is 0.381. The number of hydrogen-bond acceptors (Lipinski definition) is 2. The maximum atomic E-state index is 12.6. The van der Waals surface area contributed by atoms with Gasteiger partial charge in [0.2, 0.25) is 0 Å². The molecule has 0 fully saturated rings. The molecule has 0 radical (unpaired) electrons. The van der Waals surface area contributed by atoms with E-state index < -0.39 is 6.10 Å². The molecule has 0 aliphatic rings. The zero-order valence-electron chi connectivity index (χ0n) is 15.0. The Bertz CT molecular complexity index is 647. The molecule has 128 valence electrons. The minimum atomic E-state index is -0.479. The Morgan fingerprint density at radius 3 is 1.96 bits per heavy atom. The summed E-state index contributed by atoms with van der Waals surface area (Å²) in [5.74, 6) is 0.663. The smallest absolute Gasteiger partial charge is 0.261 e. The van der Waals surface area contributed by atoms with Crippen LogP contribution in [0.25, 0.3) is 0 Å². The third kappa shape index (κ3) is 4.85. The second-order valence-electron chi connectivity index (χ2n) is 6.21. The van der Waals surface area contributed by atoms with Crippen molar-refractivity contribution in [1.82, 2.24) is 5.32 Å². The van der Waals surface area contributed by atoms with E-state index >= 15 is 0 Å². The lowest BCUT2D eigenvalue weighted by Gasteiger charge is -2.22. The van der Waals surface area contributed by atoms with E-state index in [0.717, 1.165) is 17.7 Å². The van der Waals surface area contributed by atoms with Crippen LogP contribution in [0.2, 0.25) is 0 Å². The lowest BCUT2D eigenvalue weighted by atomic mass is 10.0. The normalized spacial score (nSPS) is 13.2. The van der Waals surface area contributed by atoms with Gasteiger partial charge in [0, 0.05) is 0 Å². The molecule has 0 aliphatic carbocycles. The van der Waals surface area contributed by atoms with Crippen LogP contribution in [-0.2, 0) is 4.79 Å². The topological polar surface area (TPSA) is 38.3 Å². The molecule has 3 heteroatoms. The van der Waals surface area contributed by atoms with Crippen LogP contribution >= 0.6 is 0 Å². The number of carbonyl (C=O) groups is 1. The minimum Gasteiger partial charge on any atom is -0.481 e. The molecule has 0 bridgehead atoms. The number of amides is 1. The van der Waals surface area contributed by atoms with E-state index in [-0.39, 0.29) is 11.9 Å². The number of nitrogens with one attached hydrogen (secondary N) is 1. The van der Waals surface area contributed by atoms with E-state index in [1.165, 1.54) is 11.1 Å². The van der Waals surface area contributed by atoms with Crippen molar-refractivity contribution in [3.05, 3.63) is 65.2 Å². The molecule has 0 heterocycles. The van der Waals surface area contributed by atoms with Gasteiger partial charge in [-0.2, -0.15) is 0 Å². The average molecular weight is 325 g/mol. The molecule has 2 aromatic carbocycles. The van der Waals surface area contributed by atoms with Gasteiger partial charge in [-0.1, -0.05) is 61.4 Å². The number of benzene rings is 2. The third-order valence-corrected chi connectivity index (χ3v) is 4.17. The number of hydrogen-bond donors (Lipinski definition) is 1. The van der Waals surface area contributed by atoms with Crippen molar-refractivity contribution in [3.63, 3.8) is 0 Å². The maximum Gasteiger partial charge on any atom is 0.261 e. The van der Waals surface area contributed by atoms with Crippen LogP contribution in [0.1, 0.15) is 49.4 Å². The Kier molecular flexibility index (Phi) is 6.42. The van der Waals surface area contributed by atoms with Crippen LogP contribution in [0, 0.1) is 13.8 Å². The van der Waals surface area contributed by atoms with Gasteiger partial charge in [-0.3, -0.25) is 4.79 Å². The predicted octanol–water partition coefficient (Wildman–Crippen LogP) is 4.73. The Morgan fingerprint density at radius 1 is 0.917 bits per heavy atom. The molecule has 2 aromatic rings. The monoisotopic (exact) mass is 325 g/mol. The fourth-order valence-electron chi connectivity index (χ4n) is 2.59. The molecule has 2 atom stereocenters. The molecule has 3 nitrogen and oxygen atoms in total. The van der Waals surface area contributed by atoms with E-state index in [4.69, 9.17) is 4.74 Å². The van der Waals surface area contributed by atoms with Gasteiger partial charge in [0.05, 0.1) is 6.04 Å². The largest absolute Gasteiger partial charge is 0.481 e. The molecule has 2 rings (SSSR count). The van der Waals surface area contributed by atoms with Crippen molar-refractivity contribution in [3.8, 4) is 5.75 Å². The van der Waals surface area contributed by atoms with Crippen molar-refractivity contribution in [1.29, 1.82) is 0 Å². The fourth-order valence-corrected chi connectivity index (χ4v) is 2.59. The number of carbonyl (C=O) groups excluding carboxylic acids is 1. The summed E-state index contributed by atoms with van der Waals surface area (Å²) in [5.41, 5.74) is 3.51. The highest BCUT2D eigenvalue weighted by molar-refractivity contribution is 5.81. The average Bonchev–Trinajstić information content (AvgIpc) is 2.59. The van der Waals surface area contributed by atoms with E-state index in [1.54, 1.807) is 0 Å². The number of aryl methyl sites for hydroxylation is 2. The quantitative estimate of drug-likeness (QED) is 0.799. The van der Waals surface area contributed by atoms with Crippen LogP contribution in [0.4, 0.5) is 0 Å². The summed E-state index contributed by atoms with van der Waals surface area (Å²) in [6.07, 6.45) is 0.993. The van der Waals surface area contributed by atoms with Crippen molar-refractivity contribution in [2.75, 3.05) is 0 Å². The number of ether oxygens (including phenoxy) is 1. The van der Waals surface area contributed by atoms with E-state index in [9.17, 15) is 4.79 Å². The molecular weight excluding hydrogens is 298 g/mol. The van der Waals surface area contributed by atoms with Gasteiger partial charge in [0.25, 0.3) is 5.91 Å². The highest BCUT2D eigenvalue weighted by Gasteiger charge is 2.21. The van der Waals surface area contributed by atoms with Gasteiger partial charge in [-0.25, -0.2) is 0 Å². The molecule has 0 spiro atoms. The summed E-state index contributed by atoms with van der Waals surface area (Å²) < 4.78 is 5.87. The van der Waals surface area contributed by atoms with Crippen LogP contribution in [-0.4, -0.2) is 12.0 Å². The standard InChI is InChI=1S/C21H27NO2/c1-5-19(17-11-7-15(3)8-12-17)22-21(23)20(6-2)24-18-13-9-16(4)10-14-18/h7-14,19-20H,5-6H2,1-4H3,(H,22,23)/t19-,20+/m1/s1. The first-order valence-corrected chi connectivity index (χ1v) is 8.63. The highest BCUT2D eigenvalue weighted by atomic mass is 16.5. The van der Waals surface area contributed by atoms with Crippen LogP contribution in [0.3, 0.4) is 0 Å². The first-order chi connectivity index (χ1) is 11.5. The molecule has 1 N–H and O–H groups in total. The summed E-state index contributed by atoms with van der Waals surface area (Å²) in [6, 6.07) is 16.1. The van der Waals surface area contributed by atoms with Crippen LogP contribution < -0.4 is 10.1 Å². The lowest BCUT2D eigenvalue weighted by Crippen LogP contribution is -2.39. The van der Waals surface area contributed by atoms with Gasteiger partial charge in [-0.15, -0.1) is 0 Å². The molecule has 0 aromatic heterocycles. The summed E-state index contributed by atoms with van der Waals surface area (Å²) in [5, 5.41) is 3.12. The highest BCUT2D eigenvalue weighted by Crippen LogP contribution is 2.19. The van der Waals surface area contributed by atoms with Gasteiger partial charge in [-0.05, 0) is 44.4 Å². The van der Waals surface area contributed by atoms with E-state index in [1.807, 2.05) is 38.1 Å². The molecule has 0 aliphatic heterocycles. The second-order valence-corrected chi connectivity index (χ2v) is 6.21. The zero-order valence-corrected chi connectivity index (χ0v) is 15.0. The molecule has 0 unspecified atom stereocenters. The van der Waals surface area contributed by atoms with Crippen molar-refractivity contribution >= 4 is 5.91 Å². The summed E-state index contributed by atoms with van der Waals surface area (Å²) in [4.78, 5) is 12.6. The predicted molar refractivity (Wildman–Crippen MR) is 98.2 cm³/mol. The molecule has 24 heavy (non-hydrogen) atoms. The summed E-state index contributed by atoms with van der Waals surface area (Å²) in [6.45, 7) is 8.13. The molecule has 0 saturated carbocycles. The van der Waals surface area contributed by atoms with Gasteiger partial charge in [0.1, 0.15) is 5.75 Å². The molecule has 1 amide bonds. The summed E-state index contributed by atoms with van der Waals surface area (Å²) in [7, 11) is 0. The Balaban J connectivity index is 2.04. The maximum absolute atomic E-state index is 12.6. The van der Waals surface area contributed by atoms with Gasteiger partial charge in [0.15, 0.2) is 6.10 Å². The van der Waals surface area contributed by atoms with Crippen molar-refractivity contribution in [2.24, 2.45) is 0 Å². The Morgan fingerprint density at radius 2 is 1.46 bits per heavy atom. The van der Waals surface area contributed by atoms with Crippen molar-refractivity contribution < 1.29 is 9.53 Å². The minimum absolute atomic E-state index is 0.00812. The SMILES string of the molecule is CC[C@H](Oc1ccc(C)cc1)C(=O)N[C@H](CC)c1ccc(C)cc1. The Hall–Kier alpha value is -2.29. The lowest BCUT2D eigenvalue weighted by molar-refractivity contribution is -0.128. The van der Waals surface area contributed by atoms with E-state index in [0.29, 0.717) is 6.42 Å². The first-order valence-electron chi connectivity index (χ1n) is 8.63. The third-order valence-electron chi connectivity index (χ3n) is 4.17. The number of rotatable bonds is 7. The van der Waals surface area contributed by atoms with Crippen LogP contribution in [0.5, 0.6) is 5.75 Å². The van der Waals surface area contributed by atoms with Gasteiger partial charge >= 0.3 is 0 Å². The van der Waals surface area contributed by atoms with Crippen LogP contribution in [0.15, 0.2) is 48.5 Å². The summed E-state index contributed by atoms with van der Waals surface area (Å²) >= 11 is 0. The molecule has 0 saturated heterocycles. The van der Waals surface area contributed by atoms with E-state index in [2.05, 4.69) is 43.4 Å². The molecular formula is C21H27NO2.